The maximum atomic E-state index is 12.6. The van der Waals surface area contributed by atoms with E-state index >= 15 is 0 Å². The number of fused-ring (bicyclic) bond motifs is 1. The van der Waals surface area contributed by atoms with E-state index in [2.05, 4.69) is 31.5 Å². The fourth-order valence-corrected chi connectivity index (χ4v) is 3.09. The van der Waals surface area contributed by atoms with Gasteiger partial charge in [-0.2, -0.15) is 0 Å². The number of carbonyl (C=O) groups is 2. The van der Waals surface area contributed by atoms with Crippen molar-refractivity contribution in [3.05, 3.63) is 34.4 Å². The predicted octanol–water partition coefficient (Wildman–Crippen LogP) is 4.21. The highest BCUT2D eigenvalue weighted by Gasteiger charge is 2.23. The van der Waals surface area contributed by atoms with E-state index < -0.39 is 11.7 Å². The fraction of sp³-hybridized carbons (Fsp3) is 0.474. The SMILES string of the molecule is CC(C)C(CNC(=O)c1[nH]c2ccccc2c1Br)NC(=O)OC(C)(C)C. The number of carbonyl (C=O) groups excluding carboxylic acids is 2. The Morgan fingerprint density at radius 2 is 1.88 bits per heavy atom. The van der Waals surface area contributed by atoms with Crippen molar-refractivity contribution in [2.45, 2.75) is 46.3 Å². The monoisotopic (exact) mass is 423 g/mol. The van der Waals surface area contributed by atoms with E-state index in [1.54, 1.807) is 0 Å². The molecule has 2 aromatic rings. The summed E-state index contributed by atoms with van der Waals surface area (Å²) >= 11 is 3.48. The first-order chi connectivity index (χ1) is 12.1. The molecule has 0 fully saturated rings. The number of hydrogen-bond acceptors (Lipinski definition) is 3. The van der Waals surface area contributed by atoms with Crippen LogP contribution in [0.1, 0.15) is 45.1 Å². The van der Waals surface area contributed by atoms with E-state index in [0.29, 0.717) is 12.2 Å². The van der Waals surface area contributed by atoms with Gasteiger partial charge >= 0.3 is 6.09 Å². The number of rotatable bonds is 5. The molecule has 0 aliphatic carbocycles. The molecule has 1 atom stereocenters. The number of nitrogens with one attached hydrogen (secondary N) is 3. The Bertz CT molecular complexity index is 793. The van der Waals surface area contributed by atoms with Gasteiger partial charge in [-0.3, -0.25) is 4.79 Å². The Balaban J connectivity index is 2.02. The standard InChI is InChI=1S/C19H26BrN3O3/c1-11(2)14(23-18(25)26-19(3,4)5)10-21-17(24)16-15(20)12-8-6-7-9-13(12)22-16/h6-9,11,14,22H,10H2,1-5H3,(H,21,24)(H,23,25). The van der Waals surface area contributed by atoms with Crippen molar-refractivity contribution in [3.8, 4) is 0 Å². The Morgan fingerprint density at radius 3 is 2.46 bits per heavy atom. The number of benzene rings is 1. The molecule has 142 valence electrons. The average molecular weight is 424 g/mol. The minimum atomic E-state index is -0.565. The molecule has 26 heavy (non-hydrogen) atoms. The topological polar surface area (TPSA) is 83.2 Å². The second-order valence-corrected chi connectivity index (χ2v) is 8.36. The lowest BCUT2D eigenvalue weighted by molar-refractivity contribution is 0.0487. The fourth-order valence-electron chi connectivity index (χ4n) is 2.47. The summed E-state index contributed by atoms with van der Waals surface area (Å²) in [5, 5.41) is 6.65. The number of halogens is 1. The second-order valence-electron chi connectivity index (χ2n) is 7.57. The molecule has 6 nitrogen and oxygen atoms in total. The summed E-state index contributed by atoms with van der Waals surface area (Å²) in [6.07, 6.45) is -0.489. The molecular weight excluding hydrogens is 398 g/mol. The number of alkyl carbamates (subject to hydrolysis) is 1. The third kappa shape index (κ3) is 5.24. The Labute approximate surface area is 162 Å². The largest absolute Gasteiger partial charge is 0.444 e. The summed E-state index contributed by atoms with van der Waals surface area (Å²) in [5.74, 6) is -0.0984. The minimum Gasteiger partial charge on any atom is -0.444 e. The van der Waals surface area contributed by atoms with Crippen LogP contribution in [-0.4, -0.2) is 35.2 Å². The summed E-state index contributed by atoms with van der Waals surface area (Å²) in [5.41, 5.74) is 0.784. The summed E-state index contributed by atoms with van der Waals surface area (Å²) in [6, 6.07) is 7.44. The van der Waals surface area contributed by atoms with Crippen LogP contribution in [0.5, 0.6) is 0 Å². The van der Waals surface area contributed by atoms with Gasteiger partial charge in [0.25, 0.3) is 5.91 Å². The average Bonchev–Trinajstić information content (AvgIpc) is 2.86. The van der Waals surface area contributed by atoms with E-state index in [-0.39, 0.29) is 17.9 Å². The molecule has 0 radical (unpaired) electrons. The van der Waals surface area contributed by atoms with Crippen molar-refractivity contribution in [2.24, 2.45) is 5.92 Å². The molecule has 2 rings (SSSR count). The molecule has 7 heteroatoms. The molecular formula is C19H26BrN3O3. The minimum absolute atomic E-state index is 0.133. The summed E-state index contributed by atoms with van der Waals surface area (Å²) in [7, 11) is 0. The quantitative estimate of drug-likeness (QED) is 0.673. The van der Waals surface area contributed by atoms with E-state index in [1.807, 2.05) is 58.9 Å². The molecule has 1 unspecified atom stereocenters. The Morgan fingerprint density at radius 1 is 1.23 bits per heavy atom. The van der Waals surface area contributed by atoms with Crippen LogP contribution in [0.4, 0.5) is 4.79 Å². The molecule has 2 amide bonds. The van der Waals surface area contributed by atoms with Crippen LogP contribution >= 0.6 is 15.9 Å². The van der Waals surface area contributed by atoms with Crippen LogP contribution in [0.25, 0.3) is 10.9 Å². The third-order valence-corrected chi connectivity index (χ3v) is 4.68. The molecule has 1 heterocycles. The molecule has 0 aliphatic heterocycles. The number of aromatic nitrogens is 1. The van der Waals surface area contributed by atoms with Gasteiger partial charge in [0.05, 0.1) is 10.5 Å². The summed E-state index contributed by atoms with van der Waals surface area (Å²) < 4.78 is 6.02. The van der Waals surface area contributed by atoms with Crippen LogP contribution in [0.2, 0.25) is 0 Å². The smallest absolute Gasteiger partial charge is 0.407 e. The molecule has 0 bridgehead atoms. The van der Waals surface area contributed by atoms with E-state index in [1.165, 1.54) is 0 Å². The van der Waals surface area contributed by atoms with Crippen molar-refractivity contribution < 1.29 is 14.3 Å². The maximum Gasteiger partial charge on any atom is 0.407 e. The van der Waals surface area contributed by atoms with Gasteiger partial charge in [0.1, 0.15) is 11.3 Å². The molecule has 0 saturated heterocycles. The van der Waals surface area contributed by atoms with E-state index in [0.717, 1.165) is 15.4 Å². The molecule has 0 spiro atoms. The first-order valence-electron chi connectivity index (χ1n) is 8.62. The number of ether oxygens (including phenoxy) is 1. The lowest BCUT2D eigenvalue weighted by Gasteiger charge is -2.26. The van der Waals surface area contributed by atoms with Gasteiger partial charge < -0.3 is 20.4 Å². The number of H-pyrrole nitrogens is 1. The van der Waals surface area contributed by atoms with Gasteiger partial charge in [0.15, 0.2) is 0 Å². The molecule has 1 aromatic heterocycles. The van der Waals surface area contributed by atoms with Gasteiger partial charge in [0, 0.05) is 17.4 Å². The number of aromatic amines is 1. The molecule has 3 N–H and O–H groups in total. The second kappa shape index (κ2) is 8.12. The summed E-state index contributed by atoms with van der Waals surface area (Å²) in [4.78, 5) is 27.7. The highest BCUT2D eigenvalue weighted by atomic mass is 79.9. The van der Waals surface area contributed by atoms with Gasteiger partial charge in [-0.05, 0) is 48.7 Å². The van der Waals surface area contributed by atoms with Gasteiger partial charge in [-0.1, -0.05) is 32.0 Å². The zero-order valence-corrected chi connectivity index (χ0v) is 17.4. The van der Waals surface area contributed by atoms with Crippen LogP contribution in [-0.2, 0) is 4.74 Å². The van der Waals surface area contributed by atoms with Crippen LogP contribution in [0.3, 0.4) is 0 Å². The maximum absolute atomic E-state index is 12.6. The number of hydrogen-bond donors (Lipinski definition) is 3. The van der Waals surface area contributed by atoms with Gasteiger partial charge in [-0.25, -0.2) is 4.79 Å². The van der Waals surface area contributed by atoms with Crippen molar-refractivity contribution in [3.63, 3.8) is 0 Å². The zero-order valence-electron chi connectivity index (χ0n) is 15.8. The zero-order chi connectivity index (χ0) is 19.5. The molecule has 0 saturated carbocycles. The Kier molecular flexibility index (Phi) is 6.34. The number of amides is 2. The molecule has 0 aliphatic rings. The van der Waals surface area contributed by atoms with Gasteiger partial charge in [-0.15, -0.1) is 0 Å². The van der Waals surface area contributed by atoms with Crippen molar-refractivity contribution >= 4 is 38.8 Å². The Hall–Kier alpha value is -2.02. The lowest BCUT2D eigenvalue weighted by atomic mass is 10.0. The van der Waals surface area contributed by atoms with Crippen LogP contribution in [0.15, 0.2) is 28.7 Å². The third-order valence-electron chi connectivity index (χ3n) is 3.86. The van der Waals surface area contributed by atoms with E-state index in [9.17, 15) is 9.59 Å². The number of para-hydroxylation sites is 1. The van der Waals surface area contributed by atoms with Crippen molar-refractivity contribution in [1.82, 2.24) is 15.6 Å². The van der Waals surface area contributed by atoms with Gasteiger partial charge in [0.2, 0.25) is 0 Å². The predicted molar refractivity (Wildman–Crippen MR) is 106 cm³/mol. The van der Waals surface area contributed by atoms with Crippen molar-refractivity contribution in [1.29, 1.82) is 0 Å². The first kappa shape index (κ1) is 20.3. The molecule has 1 aromatic carbocycles. The van der Waals surface area contributed by atoms with Crippen LogP contribution in [0, 0.1) is 5.92 Å². The highest BCUT2D eigenvalue weighted by molar-refractivity contribution is 9.10. The van der Waals surface area contributed by atoms with Crippen molar-refractivity contribution in [2.75, 3.05) is 6.54 Å². The summed E-state index contributed by atoms with van der Waals surface area (Å²) in [6.45, 7) is 9.70. The van der Waals surface area contributed by atoms with Crippen LogP contribution < -0.4 is 10.6 Å². The van der Waals surface area contributed by atoms with E-state index in [4.69, 9.17) is 4.74 Å². The highest BCUT2D eigenvalue weighted by Crippen LogP contribution is 2.27. The lowest BCUT2D eigenvalue weighted by Crippen LogP contribution is -2.48. The normalized spacial score (nSPS) is 12.9. The first-order valence-corrected chi connectivity index (χ1v) is 9.41.